The third-order valence-corrected chi connectivity index (χ3v) is 4.94. The largest absolute Gasteiger partial charge is 0.441 e. The van der Waals surface area contributed by atoms with E-state index < -0.39 is 11.5 Å². The fourth-order valence-electron chi connectivity index (χ4n) is 3.61. The topological polar surface area (TPSA) is 112 Å². The quantitative estimate of drug-likeness (QED) is 0.804. The van der Waals surface area contributed by atoms with Crippen molar-refractivity contribution in [1.29, 1.82) is 0 Å². The number of nitrogen functional groups attached to an aromatic ring is 1. The van der Waals surface area contributed by atoms with Crippen LogP contribution in [0.2, 0.25) is 0 Å². The molecule has 3 N–H and O–H groups in total. The predicted molar refractivity (Wildman–Crippen MR) is 100 cm³/mol. The molecular formula is C19H21N5O3. The highest BCUT2D eigenvalue weighted by Crippen LogP contribution is 2.44. The summed E-state index contributed by atoms with van der Waals surface area (Å²) in [5, 5.41) is 7.03. The number of hydrogen-bond donors (Lipinski definition) is 2. The van der Waals surface area contributed by atoms with Gasteiger partial charge in [-0.05, 0) is 26.8 Å². The molecule has 4 rings (SSSR count). The predicted octanol–water partition coefficient (Wildman–Crippen LogP) is 2.15. The fraction of sp³-hybridized carbons (Fsp3) is 0.368. The highest BCUT2D eigenvalue weighted by Gasteiger charge is 2.40. The molecule has 0 saturated carbocycles. The Balaban J connectivity index is 1.77. The molecule has 2 aromatic rings. The number of carbonyl (C=O) groups excluding carboxylic acids is 1. The Morgan fingerprint density at radius 1 is 1.37 bits per heavy atom. The second kappa shape index (κ2) is 6.22. The zero-order chi connectivity index (χ0) is 19.2. The van der Waals surface area contributed by atoms with E-state index in [4.69, 9.17) is 15.3 Å². The van der Waals surface area contributed by atoms with Gasteiger partial charge in [-0.25, -0.2) is 14.8 Å². The molecule has 0 radical (unpaired) electrons. The van der Waals surface area contributed by atoms with Crippen LogP contribution in [0.3, 0.4) is 0 Å². The third kappa shape index (κ3) is 2.87. The van der Waals surface area contributed by atoms with E-state index in [0.29, 0.717) is 12.4 Å². The highest BCUT2D eigenvalue weighted by molar-refractivity contribution is 6.15. The molecule has 1 saturated heterocycles. The molecule has 1 fully saturated rings. The van der Waals surface area contributed by atoms with E-state index in [-0.39, 0.29) is 12.7 Å². The van der Waals surface area contributed by atoms with Crippen LogP contribution >= 0.6 is 0 Å². The van der Waals surface area contributed by atoms with Crippen LogP contribution in [-0.2, 0) is 15.0 Å². The van der Waals surface area contributed by atoms with Gasteiger partial charge in [0, 0.05) is 22.1 Å². The molecule has 0 spiro atoms. The Bertz CT molecular complexity index is 954. The van der Waals surface area contributed by atoms with Gasteiger partial charge in [0.1, 0.15) is 12.1 Å². The molecule has 1 aromatic heterocycles. The maximum atomic E-state index is 11.1. The maximum Gasteiger partial charge on any atom is 0.407 e. The van der Waals surface area contributed by atoms with Gasteiger partial charge >= 0.3 is 6.09 Å². The van der Waals surface area contributed by atoms with Crippen LogP contribution in [0.25, 0.3) is 11.3 Å². The van der Waals surface area contributed by atoms with E-state index in [1.807, 2.05) is 32.9 Å². The van der Waals surface area contributed by atoms with Crippen molar-refractivity contribution in [2.24, 2.45) is 5.16 Å². The molecule has 140 valence electrons. The number of alkyl carbamates (subject to hydrolysis) is 1. The first-order valence-corrected chi connectivity index (χ1v) is 8.75. The number of aromatic nitrogens is 2. The minimum atomic E-state index is -0.550. The Morgan fingerprint density at radius 3 is 2.93 bits per heavy atom. The van der Waals surface area contributed by atoms with Gasteiger partial charge in [-0.15, -0.1) is 0 Å². The van der Waals surface area contributed by atoms with Gasteiger partial charge in [0.2, 0.25) is 0 Å². The number of benzene rings is 1. The van der Waals surface area contributed by atoms with Gasteiger partial charge in [0.25, 0.3) is 0 Å². The smallest absolute Gasteiger partial charge is 0.407 e. The Kier molecular flexibility index (Phi) is 3.98. The Hall–Kier alpha value is -3.16. The Labute approximate surface area is 156 Å². The summed E-state index contributed by atoms with van der Waals surface area (Å²) in [6, 6.07) is 6.11. The number of ether oxygens (including phenoxy) is 1. The lowest BCUT2D eigenvalue weighted by Gasteiger charge is -2.34. The summed E-state index contributed by atoms with van der Waals surface area (Å²) < 4.78 is 5.08. The van der Waals surface area contributed by atoms with Crippen molar-refractivity contribution in [2.45, 2.75) is 32.3 Å². The van der Waals surface area contributed by atoms with Crippen LogP contribution < -0.4 is 11.1 Å². The number of rotatable bonds is 3. The van der Waals surface area contributed by atoms with Gasteiger partial charge < -0.3 is 20.6 Å². The molecule has 2 aliphatic rings. The van der Waals surface area contributed by atoms with Gasteiger partial charge in [-0.2, -0.15) is 0 Å². The summed E-state index contributed by atoms with van der Waals surface area (Å²) in [6.45, 7) is 6.66. The molecule has 1 atom stereocenters. The van der Waals surface area contributed by atoms with E-state index in [0.717, 1.165) is 33.7 Å². The Morgan fingerprint density at radius 2 is 2.19 bits per heavy atom. The zero-order valence-corrected chi connectivity index (χ0v) is 15.4. The first kappa shape index (κ1) is 17.3. The lowest BCUT2D eigenvalue weighted by molar-refractivity contribution is 0.0487. The van der Waals surface area contributed by atoms with Gasteiger partial charge in [0.15, 0.2) is 12.7 Å². The number of aryl methyl sites for hydroxylation is 1. The van der Waals surface area contributed by atoms with Crippen molar-refractivity contribution in [3.8, 4) is 11.3 Å². The van der Waals surface area contributed by atoms with Gasteiger partial charge in [0.05, 0.1) is 18.0 Å². The summed E-state index contributed by atoms with van der Waals surface area (Å²) in [5.74, 6) is 0.429. The minimum Gasteiger partial charge on any atom is -0.441 e. The minimum absolute atomic E-state index is 0.174. The zero-order valence-electron chi connectivity index (χ0n) is 15.4. The fourth-order valence-corrected chi connectivity index (χ4v) is 3.61. The molecule has 0 bridgehead atoms. The van der Waals surface area contributed by atoms with Crippen LogP contribution in [0.4, 0.5) is 10.6 Å². The van der Waals surface area contributed by atoms with Crippen molar-refractivity contribution in [1.82, 2.24) is 15.3 Å². The number of carbonyl (C=O) groups is 1. The van der Waals surface area contributed by atoms with E-state index in [9.17, 15) is 4.79 Å². The summed E-state index contributed by atoms with van der Waals surface area (Å²) in [5.41, 5.74) is 11.0. The SMILES string of the molecule is Cc1ccc2c(c1)/C(=N\OC[C@@H]1CNC(=O)O1)C(C)(C)c1c(N)ncnc1-2. The van der Waals surface area contributed by atoms with Crippen molar-refractivity contribution >= 4 is 17.6 Å². The lowest BCUT2D eigenvalue weighted by atomic mass is 9.70. The molecule has 0 unspecified atom stereocenters. The number of amides is 1. The van der Waals surface area contributed by atoms with Gasteiger partial charge in [-0.1, -0.05) is 22.9 Å². The average molecular weight is 367 g/mol. The standard InChI is InChI=1S/C19H21N5O3/c1-10-4-5-12-13(6-10)16(24-26-8-11-7-21-18(25)27-11)19(2,3)14-15(12)22-9-23-17(14)20/h4-6,9,11H,7-8H2,1-3H3,(H,21,25)(H2,20,22,23)/b24-16+/t11-/m0/s1. The number of hydrogen-bond acceptors (Lipinski definition) is 7. The molecule has 1 aliphatic heterocycles. The van der Waals surface area contributed by atoms with E-state index in [2.05, 4.69) is 26.5 Å². The normalized spacial score (nSPS) is 21.2. The average Bonchev–Trinajstić information content (AvgIpc) is 3.02. The summed E-state index contributed by atoms with van der Waals surface area (Å²) in [4.78, 5) is 25.4. The van der Waals surface area contributed by atoms with Crippen LogP contribution in [0.1, 0.15) is 30.5 Å². The first-order chi connectivity index (χ1) is 12.9. The van der Waals surface area contributed by atoms with Crippen molar-refractivity contribution in [3.63, 3.8) is 0 Å². The van der Waals surface area contributed by atoms with E-state index in [1.54, 1.807) is 0 Å². The maximum absolute atomic E-state index is 11.1. The third-order valence-electron chi connectivity index (χ3n) is 4.94. The molecule has 1 aromatic carbocycles. The van der Waals surface area contributed by atoms with Crippen LogP contribution in [-0.4, -0.2) is 41.0 Å². The number of cyclic esters (lactones) is 1. The molecule has 1 aliphatic carbocycles. The van der Waals surface area contributed by atoms with Crippen LogP contribution in [0, 0.1) is 6.92 Å². The highest BCUT2D eigenvalue weighted by atomic mass is 16.7. The second-order valence-electron chi connectivity index (χ2n) is 7.30. The number of anilines is 1. The van der Waals surface area contributed by atoms with E-state index >= 15 is 0 Å². The number of fused-ring (bicyclic) bond motifs is 3. The van der Waals surface area contributed by atoms with E-state index in [1.165, 1.54) is 6.33 Å². The molecule has 1 amide bonds. The summed E-state index contributed by atoms with van der Waals surface area (Å²) >= 11 is 0. The lowest BCUT2D eigenvalue weighted by Crippen LogP contribution is -2.36. The van der Waals surface area contributed by atoms with Crippen molar-refractivity contribution in [3.05, 3.63) is 41.2 Å². The van der Waals surface area contributed by atoms with Crippen LogP contribution in [0.5, 0.6) is 0 Å². The monoisotopic (exact) mass is 367 g/mol. The summed E-state index contributed by atoms with van der Waals surface area (Å²) in [6.07, 6.45) is 0.689. The molecule has 8 nitrogen and oxygen atoms in total. The number of nitrogens with zero attached hydrogens (tertiary/aromatic N) is 3. The van der Waals surface area contributed by atoms with Gasteiger partial charge in [-0.3, -0.25) is 0 Å². The summed E-state index contributed by atoms with van der Waals surface area (Å²) in [7, 11) is 0. The van der Waals surface area contributed by atoms with Crippen molar-refractivity contribution in [2.75, 3.05) is 18.9 Å². The number of nitrogens with two attached hydrogens (primary N) is 1. The molecule has 2 heterocycles. The number of nitrogens with one attached hydrogen (secondary N) is 1. The molecular weight excluding hydrogens is 346 g/mol. The van der Waals surface area contributed by atoms with Crippen LogP contribution in [0.15, 0.2) is 29.7 Å². The second-order valence-corrected chi connectivity index (χ2v) is 7.30. The first-order valence-electron chi connectivity index (χ1n) is 8.75. The van der Waals surface area contributed by atoms with Crippen molar-refractivity contribution < 1.29 is 14.4 Å². The number of oxime groups is 1. The molecule has 27 heavy (non-hydrogen) atoms. The molecule has 8 heteroatoms.